The second-order valence-corrected chi connectivity index (χ2v) is 7.38. The highest BCUT2D eigenvalue weighted by Gasteiger charge is 2.32. The van der Waals surface area contributed by atoms with Crippen LogP contribution in [0, 0.1) is 5.92 Å². The molecule has 1 heterocycles. The van der Waals surface area contributed by atoms with Crippen molar-refractivity contribution in [3.05, 3.63) is 24.3 Å². The van der Waals surface area contributed by atoms with Crippen LogP contribution in [0.1, 0.15) is 39.5 Å². The average Bonchev–Trinajstić information content (AvgIpc) is 3.14. The third-order valence-electron chi connectivity index (χ3n) is 4.92. The Bertz CT molecular complexity index is 712. The topological polar surface area (TPSA) is 84.9 Å². The molecule has 1 aromatic rings. The van der Waals surface area contributed by atoms with Crippen LogP contribution in [-0.2, 0) is 19.1 Å². The first-order valence-corrected chi connectivity index (χ1v) is 9.47. The number of nitrogens with one attached hydrogen (secondary N) is 1. The Kier molecular flexibility index (Phi) is 5.98. The van der Waals surface area contributed by atoms with E-state index in [1.165, 1.54) is 4.90 Å². The number of carbonyl (C=O) groups excluding carboxylic acids is 3. The smallest absolute Gasteiger partial charge is 0.326 e. The fourth-order valence-electron chi connectivity index (χ4n) is 3.48. The van der Waals surface area contributed by atoms with E-state index >= 15 is 0 Å². The van der Waals surface area contributed by atoms with Crippen LogP contribution in [0.5, 0.6) is 5.75 Å². The van der Waals surface area contributed by atoms with Crippen molar-refractivity contribution < 1.29 is 23.9 Å². The fraction of sp³-hybridized carbons (Fsp3) is 0.550. The van der Waals surface area contributed by atoms with Crippen molar-refractivity contribution >= 4 is 23.5 Å². The minimum atomic E-state index is -0.871. The van der Waals surface area contributed by atoms with E-state index in [4.69, 9.17) is 9.47 Å². The Balaban J connectivity index is 1.64. The lowest BCUT2D eigenvalue weighted by atomic mass is 10.1. The van der Waals surface area contributed by atoms with Gasteiger partial charge in [-0.3, -0.25) is 19.3 Å². The number of rotatable bonds is 6. The molecular formula is C20H26N2O5. The zero-order chi connectivity index (χ0) is 19.4. The minimum absolute atomic E-state index is 0.125. The standard InChI is InChI=1S/C20H26N2O5/c1-13(2)19(20(25)21-14-7-3-4-8-14)27-18(24)11-22-15-9-5-6-10-16(15)26-12-17(22)23/h5-6,9-10,13-14,19H,3-4,7-8,11-12H2,1-2H3,(H,21,25)/t19-/m1/s1. The summed E-state index contributed by atoms with van der Waals surface area (Å²) in [6.45, 7) is 3.29. The van der Waals surface area contributed by atoms with E-state index in [1.54, 1.807) is 24.3 Å². The minimum Gasteiger partial charge on any atom is -0.482 e. The molecule has 0 saturated heterocycles. The zero-order valence-electron chi connectivity index (χ0n) is 15.8. The lowest BCUT2D eigenvalue weighted by molar-refractivity contribution is -0.158. The molecule has 7 heteroatoms. The number of esters is 1. The van der Waals surface area contributed by atoms with Crippen LogP contribution >= 0.6 is 0 Å². The number of para-hydroxylation sites is 2. The Labute approximate surface area is 159 Å². The van der Waals surface area contributed by atoms with Crippen LogP contribution in [0.2, 0.25) is 0 Å². The molecule has 0 aromatic heterocycles. The molecule has 2 aliphatic rings. The number of fused-ring (bicyclic) bond motifs is 1. The fourth-order valence-corrected chi connectivity index (χ4v) is 3.48. The molecule has 0 unspecified atom stereocenters. The predicted octanol–water partition coefficient (Wildman–Crippen LogP) is 2.04. The summed E-state index contributed by atoms with van der Waals surface area (Å²) in [7, 11) is 0. The van der Waals surface area contributed by atoms with Crippen molar-refractivity contribution in [2.24, 2.45) is 5.92 Å². The number of carbonyl (C=O) groups is 3. The number of amides is 2. The zero-order valence-corrected chi connectivity index (χ0v) is 15.8. The summed E-state index contributed by atoms with van der Waals surface area (Å²) < 4.78 is 10.8. The first kappa shape index (κ1) is 19.2. The Morgan fingerprint density at radius 1 is 1.26 bits per heavy atom. The van der Waals surface area contributed by atoms with Crippen LogP contribution in [0.4, 0.5) is 5.69 Å². The molecule has 1 N–H and O–H groups in total. The highest BCUT2D eigenvalue weighted by atomic mass is 16.5. The lowest BCUT2D eigenvalue weighted by Gasteiger charge is -2.29. The molecule has 0 radical (unpaired) electrons. The van der Waals surface area contributed by atoms with Crippen molar-refractivity contribution in [3.63, 3.8) is 0 Å². The van der Waals surface area contributed by atoms with Crippen molar-refractivity contribution in [3.8, 4) is 5.75 Å². The van der Waals surface area contributed by atoms with Crippen molar-refractivity contribution in [2.75, 3.05) is 18.1 Å². The molecule has 2 amide bonds. The quantitative estimate of drug-likeness (QED) is 0.770. The Morgan fingerprint density at radius 2 is 1.96 bits per heavy atom. The van der Waals surface area contributed by atoms with Crippen molar-refractivity contribution in [2.45, 2.75) is 51.7 Å². The summed E-state index contributed by atoms with van der Waals surface area (Å²) in [6.07, 6.45) is 3.27. The van der Waals surface area contributed by atoms with E-state index in [-0.39, 0.29) is 36.9 Å². The number of hydrogen-bond acceptors (Lipinski definition) is 5. The molecule has 1 aromatic carbocycles. The molecule has 3 rings (SSSR count). The maximum Gasteiger partial charge on any atom is 0.326 e. The summed E-state index contributed by atoms with van der Waals surface area (Å²) in [6, 6.07) is 7.18. The summed E-state index contributed by atoms with van der Waals surface area (Å²) in [5.74, 6) is -0.811. The van der Waals surface area contributed by atoms with Crippen LogP contribution in [0.25, 0.3) is 0 Å². The molecule has 1 aliphatic heterocycles. The first-order valence-electron chi connectivity index (χ1n) is 9.47. The Hall–Kier alpha value is -2.57. The number of anilines is 1. The van der Waals surface area contributed by atoms with Crippen molar-refractivity contribution in [1.82, 2.24) is 5.32 Å². The summed E-state index contributed by atoms with van der Waals surface area (Å²) in [5.41, 5.74) is 0.530. The van der Waals surface area contributed by atoms with E-state index in [2.05, 4.69) is 5.32 Å². The van der Waals surface area contributed by atoms with E-state index in [1.807, 2.05) is 13.8 Å². The monoisotopic (exact) mass is 374 g/mol. The van der Waals surface area contributed by atoms with Gasteiger partial charge in [0.15, 0.2) is 12.7 Å². The van der Waals surface area contributed by atoms with Crippen LogP contribution in [0.15, 0.2) is 24.3 Å². The second-order valence-electron chi connectivity index (χ2n) is 7.38. The van der Waals surface area contributed by atoms with Crippen LogP contribution < -0.4 is 15.0 Å². The third kappa shape index (κ3) is 4.59. The van der Waals surface area contributed by atoms with Gasteiger partial charge in [0.05, 0.1) is 5.69 Å². The summed E-state index contributed by atoms with van der Waals surface area (Å²) in [5, 5.41) is 2.98. The number of hydrogen-bond donors (Lipinski definition) is 1. The maximum absolute atomic E-state index is 12.5. The molecule has 1 aliphatic carbocycles. The maximum atomic E-state index is 12.5. The molecule has 146 valence electrons. The van der Waals surface area contributed by atoms with E-state index in [0.29, 0.717) is 11.4 Å². The van der Waals surface area contributed by atoms with Gasteiger partial charge in [0.1, 0.15) is 12.3 Å². The molecule has 1 atom stereocenters. The van der Waals surface area contributed by atoms with Crippen molar-refractivity contribution in [1.29, 1.82) is 0 Å². The molecule has 0 spiro atoms. The molecule has 0 bridgehead atoms. The normalized spacial score (nSPS) is 18.0. The SMILES string of the molecule is CC(C)[C@@H](OC(=O)CN1C(=O)COc2ccccc21)C(=O)NC1CCCC1. The predicted molar refractivity (Wildman–Crippen MR) is 99.4 cm³/mol. The van der Waals surface area contributed by atoms with Crippen LogP contribution in [0.3, 0.4) is 0 Å². The summed E-state index contributed by atoms with van der Waals surface area (Å²) in [4.78, 5) is 38.6. The highest BCUT2D eigenvalue weighted by Crippen LogP contribution is 2.31. The summed E-state index contributed by atoms with van der Waals surface area (Å²) >= 11 is 0. The van der Waals surface area contributed by atoms with Gasteiger partial charge in [0.2, 0.25) is 0 Å². The number of benzene rings is 1. The van der Waals surface area contributed by atoms with Crippen LogP contribution in [-0.4, -0.2) is 43.1 Å². The van der Waals surface area contributed by atoms with Gasteiger partial charge < -0.3 is 14.8 Å². The number of ether oxygens (including phenoxy) is 2. The third-order valence-corrected chi connectivity index (χ3v) is 4.92. The largest absolute Gasteiger partial charge is 0.482 e. The molecule has 7 nitrogen and oxygen atoms in total. The van der Waals surface area contributed by atoms with Gasteiger partial charge in [-0.05, 0) is 30.9 Å². The van der Waals surface area contributed by atoms with Gasteiger partial charge in [-0.15, -0.1) is 0 Å². The number of nitrogens with zero attached hydrogens (tertiary/aromatic N) is 1. The van der Waals surface area contributed by atoms with Gasteiger partial charge >= 0.3 is 5.97 Å². The van der Waals surface area contributed by atoms with E-state index < -0.39 is 12.1 Å². The average molecular weight is 374 g/mol. The van der Waals surface area contributed by atoms with Gasteiger partial charge in [-0.25, -0.2) is 0 Å². The molecular weight excluding hydrogens is 348 g/mol. The van der Waals surface area contributed by atoms with Gasteiger partial charge in [-0.1, -0.05) is 38.8 Å². The first-order chi connectivity index (χ1) is 13.0. The molecule has 1 fully saturated rings. The molecule has 27 heavy (non-hydrogen) atoms. The second kappa shape index (κ2) is 8.41. The highest BCUT2D eigenvalue weighted by molar-refractivity contribution is 6.01. The van der Waals surface area contributed by atoms with E-state index in [9.17, 15) is 14.4 Å². The van der Waals surface area contributed by atoms with Gasteiger partial charge in [0.25, 0.3) is 11.8 Å². The Morgan fingerprint density at radius 3 is 2.67 bits per heavy atom. The van der Waals surface area contributed by atoms with Gasteiger partial charge in [-0.2, -0.15) is 0 Å². The van der Waals surface area contributed by atoms with E-state index in [0.717, 1.165) is 25.7 Å². The lowest BCUT2D eigenvalue weighted by Crippen LogP contribution is -2.47. The molecule has 1 saturated carbocycles. The van der Waals surface area contributed by atoms with Gasteiger partial charge in [0, 0.05) is 6.04 Å².